The van der Waals surface area contributed by atoms with Crippen LogP contribution in [0.25, 0.3) is 5.69 Å². The Morgan fingerprint density at radius 3 is 2.04 bits per heavy atom. The van der Waals surface area contributed by atoms with E-state index in [0.717, 1.165) is 17.2 Å². The second kappa shape index (κ2) is 7.09. The van der Waals surface area contributed by atoms with Gasteiger partial charge in [-0.25, -0.2) is 4.98 Å². The van der Waals surface area contributed by atoms with Gasteiger partial charge in [-0.05, 0) is 48.5 Å². The van der Waals surface area contributed by atoms with Crippen molar-refractivity contribution in [3.8, 4) is 17.2 Å². The Morgan fingerprint density at radius 1 is 0.960 bits per heavy atom. The third-order valence-electron chi connectivity index (χ3n) is 3.82. The van der Waals surface area contributed by atoms with Crippen LogP contribution in [0.5, 0.6) is 11.5 Å². The number of methoxy groups -OCH3 is 2. The predicted octanol–water partition coefficient (Wildman–Crippen LogP) is 3.57. The van der Waals surface area contributed by atoms with Crippen molar-refractivity contribution in [3.05, 3.63) is 60.9 Å². The average molecular weight is 337 g/mol. The number of rotatable bonds is 5. The van der Waals surface area contributed by atoms with Crippen LogP contribution in [-0.2, 0) is 4.79 Å². The lowest BCUT2D eigenvalue weighted by Crippen LogP contribution is -2.25. The highest BCUT2D eigenvalue weighted by atomic mass is 16.5. The highest BCUT2D eigenvalue weighted by Gasteiger charge is 2.20. The SMILES string of the molecule is COc1ccc(N(C(C)=O)c2nccn2-c2ccc(OC)cc2)cc1. The molecule has 0 aliphatic rings. The molecule has 6 heteroatoms. The Morgan fingerprint density at radius 2 is 1.52 bits per heavy atom. The quantitative estimate of drug-likeness (QED) is 0.714. The largest absolute Gasteiger partial charge is 0.497 e. The van der Waals surface area contributed by atoms with Crippen molar-refractivity contribution >= 4 is 17.5 Å². The van der Waals surface area contributed by atoms with Crippen LogP contribution >= 0.6 is 0 Å². The van der Waals surface area contributed by atoms with Crippen LogP contribution in [0.15, 0.2) is 60.9 Å². The fourth-order valence-corrected chi connectivity index (χ4v) is 2.57. The number of benzene rings is 2. The lowest BCUT2D eigenvalue weighted by molar-refractivity contribution is -0.115. The summed E-state index contributed by atoms with van der Waals surface area (Å²) in [5.41, 5.74) is 1.60. The molecule has 0 N–H and O–H groups in total. The van der Waals surface area contributed by atoms with Crippen LogP contribution in [0.2, 0.25) is 0 Å². The first-order chi connectivity index (χ1) is 12.1. The maximum absolute atomic E-state index is 12.3. The first-order valence-corrected chi connectivity index (χ1v) is 7.76. The Hall–Kier alpha value is -3.28. The van der Waals surface area contributed by atoms with Gasteiger partial charge in [-0.15, -0.1) is 0 Å². The predicted molar refractivity (Wildman–Crippen MR) is 95.9 cm³/mol. The molecule has 6 nitrogen and oxygen atoms in total. The molecule has 0 spiro atoms. The summed E-state index contributed by atoms with van der Waals surface area (Å²) in [6.45, 7) is 1.51. The van der Waals surface area contributed by atoms with Gasteiger partial charge in [0.2, 0.25) is 11.9 Å². The fourth-order valence-electron chi connectivity index (χ4n) is 2.57. The molecule has 0 saturated carbocycles. The summed E-state index contributed by atoms with van der Waals surface area (Å²) in [5.74, 6) is 1.88. The van der Waals surface area contributed by atoms with Crippen molar-refractivity contribution in [2.24, 2.45) is 0 Å². The Bertz CT molecular complexity index is 854. The van der Waals surface area contributed by atoms with Gasteiger partial charge in [0.25, 0.3) is 0 Å². The van der Waals surface area contributed by atoms with Gasteiger partial charge in [0.15, 0.2) is 0 Å². The van der Waals surface area contributed by atoms with Gasteiger partial charge in [0.05, 0.1) is 19.9 Å². The number of amides is 1. The molecule has 0 fully saturated rings. The van der Waals surface area contributed by atoms with Gasteiger partial charge >= 0.3 is 0 Å². The molecule has 25 heavy (non-hydrogen) atoms. The second-order valence-electron chi connectivity index (χ2n) is 5.35. The molecule has 2 aromatic carbocycles. The summed E-state index contributed by atoms with van der Waals surface area (Å²) in [6.07, 6.45) is 3.48. The number of hydrogen-bond donors (Lipinski definition) is 0. The van der Waals surface area contributed by atoms with E-state index in [-0.39, 0.29) is 5.91 Å². The van der Waals surface area contributed by atoms with Gasteiger partial charge < -0.3 is 9.47 Å². The lowest BCUT2D eigenvalue weighted by Gasteiger charge is -2.21. The summed E-state index contributed by atoms with van der Waals surface area (Å²) < 4.78 is 12.2. The van der Waals surface area contributed by atoms with E-state index in [1.165, 1.54) is 6.92 Å². The van der Waals surface area contributed by atoms with Gasteiger partial charge in [-0.2, -0.15) is 0 Å². The topological polar surface area (TPSA) is 56.6 Å². The number of carbonyl (C=O) groups excluding carboxylic acids is 1. The summed E-state index contributed by atoms with van der Waals surface area (Å²) in [4.78, 5) is 18.2. The number of aromatic nitrogens is 2. The van der Waals surface area contributed by atoms with E-state index in [9.17, 15) is 4.79 Å². The van der Waals surface area contributed by atoms with E-state index in [0.29, 0.717) is 11.6 Å². The fraction of sp³-hybridized carbons (Fsp3) is 0.158. The summed E-state index contributed by atoms with van der Waals surface area (Å²) in [7, 11) is 3.23. The highest BCUT2D eigenvalue weighted by molar-refractivity contribution is 5.97. The zero-order chi connectivity index (χ0) is 17.8. The van der Waals surface area contributed by atoms with Crippen LogP contribution in [0.3, 0.4) is 0 Å². The van der Waals surface area contributed by atoms with E-state index in [2.05, 4.69) is 4.98 Å². The Kier molecular flexibility index (Phi) is 4.70. The molecule has 1 heterocycles. The van der Waals surface area contributed by atoms with Crippen LogP contribution in [0.1, 0.15) is 6.92 Å². The summed E-state index contributed by atoms with van der Waals surface area (Å²) >= 11 is 0. The summed E-state index contributed by atoms with van der Waals surface area (Å²) in [5, 5.41) is 0. The normalized spacial score (nSPS) is 10.4. The van der Waals surface area contributed by atoms with Crippen LogP contribution in [-0.4, -0.2) is 29.7 Å². The number of hydrogen-bond acceptors (Lipinski definition) is 4. The van der Waals surface area contributed by atoms with Crippen LogP contribution in [0.4, 0.5) is 11.6 Å². The molecular weight excluding hydrogens is 318 g/mol. The van der Waals surface area contributed by atoms with E-state index in [1.807, 2.05) is 59.3 Å². The van der Waals surface area contributed by atoms with Gasteiger partial charge in [0.1, 0.15) is 11.5 Å². The third kappa shape index (κ3) is 3.33. The first kappa shape index (κ1) is 16.6. The zero-order valence-corrected chi connectivity index (χ0v) is 14.3. The van der Waals surface area contributed by atoms with Gasteiger partial charge in [0, 0.05) is 25.0 Å². The van der Waals surface area contributed by atoms with E-state index >= 15 is 0 Å². The molecule has 3 aromatic rings. The standard InChI is InChI=1S/C19H19N3O3/c1-14(23)22(16-6-10-18(25-3)11-7-16)19-20-12-13-21(19)15-4-8-17(24-2)9-5-15/h4-13H,1-3H3. The minimum atomic E-state index is -0.133. The number of carbonyl (C=O) groups is 1. The maximum Gasteiger partial charge on any atom is 0.230 e. The minimum absolute atomic E-state index is 0.133. The summed E-state index contributed by atoms with van der Waals surface area (Å²) in [6, 6.07) is 14.8. The minimum Gasteiger partial charge on any atom is -0.497 e. The molecule has 0 saturated heterocycles. The van der Waals surface area contributed by atoms with Crippen molar-refractivity contribution in [2.75, 3.05) is 19.1 Å². The number of ether oxygens (including phenoxy) is 2. The molecule has 3 rings (SSSR count). The molecular formula is C19H19N3O3. The second-order valence-corrected chi connectivity index (χ2v) is 5.35. The van der Waals surface area contributed by atoms with E-state index < -0.39 is 0 Å². The Labute approximate surface area is 146 Å². The third-order valence-corrected chi connectivity index (χ3v) is 3.82. The van der Waals surface area contributed by atoms with Crippen LogP contribution in [0, 0.1) is 0 Å². The Balaban J connectivity index is 2.02. The molecule has 1 amide bonds. The van der Waals surface area contributed by atoms with Crippen molar-refractivity contribution in [2.45, 2.75) is 6.92 Å². The molecule has 0 atom stereocenters. The van der Waals surface area contributed by atoms with Crippen molar-refractivity contribution in [1.82, 2.24) is 9.55 Å². The van der Waals surface area contributed by atoms with E-state index in [4.69, 9.17) is 9.47 Å². The van der Waals surface area contributed by atoms with Gasteiger partial charge in [-0.3, -0.25) is 14.3 Å². The molecule has 0 aliphatic carbocycles. The first-order valence-electron chi connectivity index (χ1n) is 7.76. The lowest BCUT2D eigenvalue weighted by atomic mass is 10.2. The van der Waals surface area contributed by atoms with Crippen molar-refractivity contribution in [3.63, 3.8) is 0 Å². The van der Waals surface area contributed by atoms with E-state index in [1.54, 1.807) is 25.3 Å². The van der Waals surface area contributed by atoms with Gasteiger partial charge in [-0.1, -0.05) is 0 Å². The molecule has 0 unspecified atom stereocenters. The molecule has 0 radical (unpaired) electrons. The monoisotopic (exact) mass is 337 g/mol. The maximum atomic E-state index is 12.3. The molecule has 1 aromatic heterocycles. The van der Waals surface area contributed by atoms with Crippen molar-refractivity contribution in [1.29, 1.82) is 0 Å². The smallest absolute Gasteiger partial charge is 0.230 e. The van der Waals surface area contributed by atoms with Crippen LogP contribution < -0.4 is 14.4 Å². The molecule has 0 bridgehead atoms. The highest BCUT2D eigenvalue weighted by Crippen LogP contribution is 2.28. The number of nitrogens with zero attached hydrogens (tertiary/aromatic N) is 3. The number of anilines is 2. The average Bonchev–Trinajstić information content (AvgIpc) is 3.11. The zero-order valence-electron chi connectivity index (χ0n) is 14.3. The molecule has 128 valence electrons. The number of imidazole rings is 1. The van der Waals surface area contributed by atoms with Crippen molar-refractivity contribution < 1.29 is 14.3 Å². The molecule has 0 aliphatic heterocycles.